The van der Waals surface area contributed by atoms with E-state index in [1.807, 2.05) is 30.5 Å². The second-order valence-electron chi connectivity index (χ2n) is 6.01. The summed E-state index contributed by atoms with van der Waals surface area (Å²) < 4.78 is 0. The van der Waals surface area contributed by atoms with Gasteiger partial charge >= 0.3 is 0 Å². The number of rotatable bonds is 5. The molecule has 0 spiro atoms. The highest BCUT2D eigenvalue weighted by Gasteiger charge is 2.22. The molecule has 3 rings (SSSR count). The molecule has 1 aromatic carbocycles. The summed E-state index contributed by atoms with van der Waals surface area (Å²) in [6, 6.07) is 11.3. The predicted molar refractivity (Wildman–Crippen MR) is 94.5 cm³/mol. The van der Waals surface area contributed by atoms with Gasteiger partial charge in [-0.2, -0.15) is 0 Å². The standard InChI is InChI=1S/C19H21N3O2/c23-22(24)19-11-2-1-7-16(19)9-6-14-21-13-4-3-10-18(21)17-8-5-12-20-15-17/h1-2,5-9,11-12,15,18H,3-4,10,13-14H2/b9-6+/t18-/m1/s1. The van der Waals surface area contributed by atoms with E-state index in [1.54, 1.807) is 24.4 Å². The highest BCUT2D eigenvalue weighted by Crippen LogP contribution is 2.30. The number of nitrogens with zero attached hydrogens (tertiary/aromatic N) is 3. The summed E-state index contributed by atoms with van der Waals surface area (Å²) in [5, 5.41) is 11.1. The Hall–Kier alpha value is -2.53. The molecule has 1 aliphatic heterocycles. The minimum atomic E-state index is -0.334. The maximum absolute atomic E-state index is 11.1. The zero-order valence-electron chi connectivity index (χ0n) is 13.5. The van der Waals surface area contributed by atoms with Crippen molar-refractivity contribution in [3.8, 4) is 0 Å². The van der Waals surface area contributed by atoms with Gasteiger partial charge in [-0.05, 0) is 37.1 Å². The topological polar surface area (TPSA) is 59.3 Å². The van der Waals surface area contributed by atoms with E-state index < -0.39 is 0 Å². The van der Waals surface area contributed by atoms with Gasteiger partial charge in [0.15, 0.2) is 0 Å². The molecule has 124 valence electrons. The van der Waals surface area contributed by atoms with Crippen LogP contribution in [-0.2, 0) is 0 Å². The zero-order chi connectivity index (χ0) is 16.8. The van der Waals surface area contributed by atoms with Crippen molar-refractivity contribution in [1.82, 2.24) is 9.88 Å². The van der Waals surface area contributed by atoms with Crippen molar-refractivity contribution in [3.63, 3.8) is 0 Å². The van der Waals surface area contributed by atoms with Crippen LogP contribution in [0.3, 0.4) is 0 Å². The molecule has 0 N–H and O–H groups in total. The smallest absolute Gasteiger partial charge is 0.276 e. The van der Waals surface area contributed by atoms with Crippen molar-refractivity contribution in [2.24, 2.45) is 0 Å². The fourth-order valence-electron chi connectivity index (χ4n) is 3.27. The Morgan fingerprint density at radius 3 is 2.92 bits per heavy atom. The number of hydrogen-bond donors (Lipinski definition) is 0. The minimum Gasteiger partial charge on any atom is -0.293 e. The summed E-state index contributed by atoms with van der Waals surface area (Å²) in [7, 11) is 0. The summed E-state index contributed by atoms with van der Waals surface area (Å²) in [6.45, 7) is 1.83. The number of aromatic nitrogens is 1. The Morgan fingerprint density at radius 2 is 2.12 bits per heavy atom. The van der Waals surface area contributed by atoms with E-state index in [0.717, 1.165) is 19.5 Å². The van der Waals surface area contributed by atoms with Crippen LogP contribution in [0.1, 0.15) is 36.4 Å². The van der Waals surface area contributed by atoms with Crippen LogP contribution in [0.4, 0.5) is 5.69 Å². The van der Waals surface area contributed by atoms with Crippen LogP contribution in [-0.4, -0.2) is 27.9 Å². The van der Waals surface area contributed by atoms with E-state index in [0.29, 0.717) is 11.6 Å². The maximum Gasteiger partial charge on any atom is 0.276 e. The molecular formula is C19H21N3O2. The van der Waals surface area contributed by atoms with Crippen LogP contribution < -0.4 is 0 Å². The number of nitro groups is 1. The van der Waals surface area contributed by atoms with Gasteiger partial charge in [-0.3, -0.25) is 20.0 Å². The van der Waals surface area contributed by atoms with Crippen LogP contribution in [0, 0.1) is 10.1 Å². The van der Waals surface area contributed by atoms with E-state index in [-0.39, 0.29) is 10.6 Å². The third-order valence-corrected chi connectivity index (χ3v) is 4.45. The van der Waals surface area contributed by atoms with Crippen LogP contribution >= 0.6 is 0 Å². The number of likely N-dealkylation sites (tertiary alicyclic amines) is 1. The molecule has 0 radical (unpaired) electrons. The normalized spacial score (nSPS) is 18.8. The molecule has 24 heavy (non-hydrogen) atoms. The second kappa shape index (κ2) is 7.84. The number of nitro benzene ring substituents is 1. The first kappa shape index (κ1) is 16.3. The van der Waals surface area contributed by atoms with Gasteiger partial charge in [-0.15, -0.1) is 0 Å². The lowest BCUT2D eigenvalue weighted by atomic mass is 9.96. The summed E-state index contributed by atoms with van der Waals surface area (Å²) in [5.41, 5.74) is 2.05. The molecule has 1 saturated heterocycles. The van der Waals surface area contributed by atoms with Gasteiger partial charge in [-0.25, -0.2) is 0 Å². The zero-order valence-corrected chi connectivity index (χ0v) is 13.5. The summed E-state index contributed by atoms with van der Waals surface area (Å²) in [6.07, 6.45) is 11.2. The average Bonchev–Trinajstić information content (AvgIpc) is 2.63. The highest BCUT2D eigenvalue weighted by molar-refractivity contribution is 5.60. The van der Waals surface area contributed by atoms with E-state index in [9.17, 15) is 10.1 Å². The Balaban J connectivity index is 1.72. The summed E-state index contributed by atoms with van der Waals surface area (Å²) >= 11 is 0. The van der Waals surface area contributed by atoms with E-state index in [2.05, 4.69) is 16.0 Å². The third-order valence-electron chi connectivity index (χ3n) is 4.45. The lowest BCUT2D eigenvalue weighted by Crippen LogP contribution is -2.33. The predicted octanol–water partition coefficient (Wildman–Crippen LogP) is 4.23. The molecule has 1 atom stereocenters. The lowest BCUT2D eigenvalue weighted by Gasteiger charge is -2.35. The minimum absolute atomic E-state index is 0.149. The van der Waals surface area contributed by atoms with Crippen molar-refractivity contribution < 1.29 is 4.92 Å². The second-order valence-corrected chi connectivity index (χ2v) is 6.01. The fourth-order valence-corrected chi connectivity index (χ4v) is 3.27. The van der Waals surface area contributed by atoms with E-state index in [1.165, 1.54) is 18.4 Å². The molecule has 0 bridgehead atoms. The quantitative estimate of drug-likeness (QED) is 0.610. The van der Waals surface area contributed by atoms with Crippen molar-refractivity contribution in [2.45, 2.75) is 25.3 Å². The van der Waals surface area contributed by atoms with Gasteiger partial charge in [0, 0.05) is 31.0 Å². The lowest BCUT2D eigenvalue weighted by molar-refractivity contribution is -0.385. The monoisotopic (exact) mass is 323 g/mol. The molecule has 1 aliphatic rings. The SMILES string of the molecule is O=[N+]([O-])c1ccccc1/C=C/CN1CCCC[C@@H]1c1cccnc1. The first-order chi connectivity index (χ1) is 11.8. The van der Waals surface area contributed by atoms with Crippen LogP contribution in [0.5, 0.6) is 0 Å². The van der Waals surface area contributed by atoms with E-state index >= 15 is 0 Å². The van der Waals surface area contributed by atoms with E-state index in [4.69, 9.17) is 0 Å². The van der Waals surface area contributed by atoms with Crippen molar-refractivity contribution in [3.05, 3.63) is 76.1 Å². The Labute approximate surface area is 141 Å². The number of hydrogen-bond acceptors (Lipinski definition) is 4. The van der Waals surface area contributed by atoms with Gasteiger partial charge in [0.25, 0.3) is 5.69 Å². The van der Waals surface area contributed by atoms with Crippen molar-refractivity contribution >= 4 is 11.8 Å². The molecule has 0 aliphatic carbocycles. The Kier molecular flexibility index (Phi) is 5.33. The van der Waals surface area contributed by atoms with Gasteiger partial charge in [-0.1, -0.05) is 36.8 Å². The molecule has 5 heteroatoms. The molecule has 2 heterocycles. The number of benzene rings is 1. The van der Waals surface area contributed by atoms with Crippen molar-refractivity contribution in [1.29, 1.82) is 0 Å². The first-order valence-electron chi connectivity index (χ1n) is 8.29. The van der Waals surface area contributed by atoms with Gasteiger partial charge < -0.3 is 0 Å². The van der Waals surface area contributed by atoms with Gasteiger partial charge in [0.1, 0.15) is 0 Å². The summed E-state index contributed by atoms with van der Waals surface area (Å²) in [4.78, 5) is 17.4. The largest absolute Gasteiger partial charge is 0.293 e. The average molecular weight is 323 g/mol. The third kappa shape index (κ3) is 3.86. The first-order valence-corrected chi connectivity index (χ1v) is 8.29. The van der Waals surface area contributed by atoms with Crippen LogP contribution in [0.2, 0.25) is 0 Å². The molecule has 0 unspecified atom stereocenters. The molecular weight excluding hydrogens is 302 g/mol. The number of piperidine rings is 1. The highest BCUT2D eigenvalue weighted by atomic mass is 16.6. The van der Waals surface area contributed by atoms with Crippen LogP contribution in [0.15, 0.2) is 54.9 Å². The fraction of sp³-hybridized carbons (Fsp3) is 0.316. The van der Waals surface area contributed by atoms with Crippen LogP contribution in [0.25, 0.3) is 6.08 Å². The molecule has 0 saturated carbocycles. The Morgan fingerprint density at radius 1 is 1.25 bits per heavy atom. The maximum atomic E-state index is 11.1. The molecule has 5 nitrogen and oxygen atoms in total. The number of pyridine rings is 1. The molecule has 0 amide bonds. The number of para-hydroxylation sites is 1. The van der Waals surface area contributed by atoms with Gasteiger partial charge in [0.2, 0.25) is 0 Å². The Bertz CT molecular complexity index is 716. The molecule has 1 aromatic heterocycles. The van der Waals surface area contributed by atoms with Gasteiger partial charge in [0.05, 0.1) is 10.5 Å². The molecule has 1 fully saturated rings. The molecule has 2 aromatic rings. The summed E-state index contributed by atoms with van der Waals surface area (Å²) in [5.74, 6) is 0. The van der Waals surface area contributed by atoms with Crippen molar-refractivity contribution in [2.75, 3.05) is 13.1 Å².